The van der Waals surface area contributed by atoms with Gasteiger partial charge in [0.25, 0.3) is 0 Å². The van der Waals surface area contributed by atoms with Gasteiger partial charge in [0.15, 0.2) is 0 Å². The van der Waals surface area contributed by atoms with Gasteiger partial charge in [0.2, 0.25) is 5.91 Å². The molecule has 0 saturated carbocycles. The van der Waals surface area contributed by atoms with Gasteiger partial charge in [-0.2, -0.15) is 5.10 Å². The van der Waals surface area contributed by atoms with Gasteiger partial charge >= 0.3 is 0 Å². The van der Waals surface area contributed by atoms with Gasteiger partial charge in [0.05, 0.1) is 18.7 Å². The monoisotopic (exact) mass is 349 g/mol. The van der Waals surface area contributed by atoms with Crippen LogP contribution in [0.5, 0.6) is 5.75 Å². The Hall–Kier alpha value is -3.08. The summed E-state index contributed by atoms with van der Waals surface area (Å²) in [5.74, 6) is 0.890. The lowest BCUT2D eigenvalue weighted by molar-refractivity contribution is -0.120. The fraction of sp³-hybridized carbons (Fsp3) is 0.238. The molecule has 5 nitrogen and oxygen atoms in total. The van der Waals surface area contributed by atoms with E-state index in [2.05, 4.69) is 10.4 Å². The number of hydrogen-bond acceptors (Lipinski definition) is 3. The summed E-state index contributed by atoms with van der Waals surface area (Å²) < 4.78 is 7.47. The maximum absolute atomic E-state index is 12.0. The van der Waals surface area contributed by atoms with Crippen LogP contribution in [0.25, 0.3) is 5.69 Å². The van der Waals surface area contributed by atoms with Crippen molar-refractivity contribution in [3.8, 4) is 11.4 Å². The quantitative estimate of drug-likeness (QED) is 0.635. The first-order valence-corrected chi connectivity index (χ1v) is 8.76. The van der Waals surface area contributed by atoms with Gasteiger partial charge < -0.3 is 10.1 Å². The highest BCUT2D eigenvalue weighted by Gasteiger charge is 2.04. The SMILES string of the molecule is Cc1cccc(OCCCNC(=O)Cc2ccc(-n3cccn3)cc2)c1. The predicted molar refractivity (Wildman–Crippen MR) is 102 cm³/mol. The van der Waals surface area contributed by atoms with E-state index in [-0.39, 0.29) is 5.91 Å². The minimum atomic E-state index is 0.0207. The van der Waals surface area contributed by atoms with Gasteiger partial charge in [-0.1, -0.05) is 24.3 Å². The zero-order valence-corrected chi connectivity index (χ0v) is 14.9. The van der Waals surface area contributed by atoms with E-state index in [9.17, 15) is 4.79 Å². The molecular weight excluding hydrogens is 326 g/mol. The Morgan fingerprint density at radius 2 is 2.00 bits per heavy atom. The van der Waals surface area contributed by atoms with E-state index >= 15 is 0 Å². The molecule has 1 N–H and O–H groups in total. The van der Waals surface area contributed by atoms with E-state index in [1.54, 1.807) is 10.9 Å². The first kappa shape index (κ1) is 17.7. The summed E-state index contributed by atoms with van der Waals surface area (Å²) in [4.78, 5) is 12.0. The van der Waals surface area contributed by atoms with Crippen LogP contribution < -0.4 is 10.1 Å². The molecule has 0 unspecified atom stereocenters. The molecule has 3 rings (SSSR count). The highest BCUT2D eigenvalue weighted by molar-refractivity contribution is 5.78. The molecule has 0 aliphatic rings. The summed E-state index contributed by atoms with van der Waals surface area (Å²) in [6, 6.07) is 17.7. The van der Waals surface area contributed by atoms with Crippen LogP contribution in [0, 0.1) is 6.92 Å². The average molecular weight is 349 g/mol. The van der Waals surface area contributed by atoms with Crippen LogP contribution in [-0.2, 0) is 11.2 Å². The summed E-state index contributed by atoms with van der Waals surface area (Å²) in [5.41, 5.74) is 3.14. The zero-order chi connectivity index (χ0) is 18.2. The van der Waals surface area contributed by atoms with Crippen LogP contribution in [0.1, 0.15) is 17.5 Å². The van der Waals surface area contributed by atoms with Crippen molar-refractivity contribution in [1.29, 1.82) is 0 Å². The van der Waals surface area contributed by atoms with E-state index in [0.29, 0.717) is 19.6 Å². The number of hydrogen-bond donors (Lipinski definition) is 1. The number of nitrogens with one attached hydrogen (secondary N) is 1. The van der Waals surface area contributed by atoms with E-state index in [0.717, 1.165) is 23.4 Å². The summed E-state index contributed by atoms with van der Waals surface area (Å²) in [6.45, 7) is 3.23. The number of benzene rings is 2. The topological polar surface area (TPSA) is 56.1 Å². The van der Waals surface area contributed by atoms with Gasteiger partial charge in [0, 0.05) is 18.9 Å². The highest BCUT2D eigenvalue weighted by Crippen LogP contribution is 2.12. The minimum Gasteiger partial charge on any atom is -0.494 e. The van der Waals surface area contributed by atoms with Crippen molar-refractivity contribution in [3.63, 3.8) is 0 Å². The lowest BCUT2D eigenvalue weighted by Crippen LogP contribution is -2.27. The van der Waals surface area contributed by atoms with E-state index in [4.69, 9.17) is 4.74 Å². The molecule has 0 aliphatic carbocycles. The molecule has 1 amide bonds. The normalized spacial score (nSPS) is 10.5. The highest BCUT2D eigenvalue weighted by atomic mass is 16.5. The maximum Gasteiger partial charge on any atom is 0.224 e. The lowest BCUT2D eigenvalue weighted by Gasteiger charge is -2.08. The van der Waals surface area contributed by atoms with Crippen LogP contribution in [0.2, 0.25) is 0 Å². The van der Waals surface area contributed by atoms with E-state index in [1.165, 1.54) is 5.56 Å². The molecule has 2 aromatic carbocycles. The number of aryl methyl sites for hydroxylation is 1. The van der Waals surface area contributed by atoms with Crippen LogP contribution in [0.3, 0.4) is 0 Å². The lowest BCUT2D eigenvalue weighted by atomic mass is 10.1. The largest absolute Gasteiger partial charge is 0.494 e. The second-order valence-electron chi connectivity index (χ2n) is 6.16. The molecule has 5 heteroatoms. The van der Waals surface area contributed by atoms with Gasteiger partial charge in [0.1, 0.15) is 5.75 Å². The number of amides is 1. The Balaban J connectivity index is 1.36. The number of carbonyl (C=O) groups excluding carboxylic acids is 1. The molecule has 26 heavy (non-hydrogen) atoms. The Kier molecular flexibility index (Phi) is 6.04. The molecule has 0 atom stereocenters. The van der Waals surface area contributed by atoms with Gasteiger partial charge in [-0.15, -0.1) is 0 Å². The van der Waals surface area contributed by atoms with Crippen molar-refractivity contribution in [2.75, 3.05) is 13.2 Å². The second kappa shape index (κ2) is 8.85. The van der Waals surface area contributed by atoms with Crippen molar-refractivity contribution < 1.29 is 9.53 Å². The second-order valence-corrected chi connectivity index (χ2v) is 6.16. The first-order valence-electron chi connectivity index (χ1n) is 8.76. The van der Waals surface area contributed by atoms with Crippen molar-refractivity contribution in [1.82, 2.24) is 15.1 Å². The molecule has 0 fully saturated rings. The zero-order valence-electron chi connectivity index (χ0n) is 14.9. The number of carbonyl (C=O) groups is 1. The number of nitrogens with zero attached hydrogens (tertiary/aromatic N) is 2. The van der Waals surface area contributed by atoms with Crippen molar-refractivity contribution in [2.45, 2.75) is 19.8 Å². The Morgan fingerprint density at radius 3 is 2.73 bits per heavy atom. The fourth-order valence-electron chi connectivity index (χ4n) is 2.63. The third-order valence-electron chi connectivity index (χ3n) is 3.97. The molecule has 134 valence electrons. The average Bonchev–Trinajstić information content (AvgIpc) is 3.17. The van der Waals surface area contributed by atoms with Crippen molar-refractivity contribution in [2.24, 2.45) is 0 Å². The Morgan fingerprint density at radius 1 is 1.15 bits per heavy atom. The van der Waals surface area contributed by atoms with Crippen molar-refractivity contribution in [3.05, 3.63) is 78.1 Å². The molecular formula is C21H23N3O2. The number of rotatable bonds is 8. The van der Waals surface area contributed by atoms with Gasteiger partial charge in [-0.05, 0) is 54.8 Å². The fourth-order valence-corrected chi connectivity index (χ4v) is 2.63. The summed E-state index contributed by atoms with van der Waals surface area (Å²) in [6.07, 6.45) is 4.78. The number of ether oxygens (including phenoxy) is 1. The molecule has 1 aromatic heterocycles. The van der Waals surface area contributed by atoms with E-state index in [1.807, 2.05) is 67.7 Å². The Bertz CT molecular complexity index is 827. The van der Waals surface area contributed by atoms with Crippen LogP contribution in [-0.4, -0.2) is 28.8 Å². The van der Waals surface area contributed by atoms with Crippen LogP contribution in [0.15, 0.2) is 67.0 Å². The predicted octanol–water partition coefficient (Wildman–Crippen LogP) is 3.31. The molecule has 0 aliphatic heterocycles. The van der Waals surface area contributed by atoms with E-state index < -0.39 is 0 Å². The molecule has 0 saturated heterocycles. The number of aromatic nitrogens is 2. The molecule has 3 aromatic rings. The molecule has 1 heterocycles. The standard InChI is InChI=1S/C21H23N3O2/c1-17-5-2-6-20(15-17)26-14-4-11-22-21(25)16-18-7-9-19(10-8-18)24-13-3-12-23-24/h2-3,5-10,12-13,15H,4,11,14,16H2,1H3,(H,22,25). The molecule has 0 bridgehead atoms. The molecule has 0 spiro atoms. The Labute approximate surface area is 153 Å². The van der Waals surface area contributed by atoms with Crippen LogP contribution in [0.4, 0.5) is 0 Å². The third-order valence-corrected chi connectivity index (χ3v) is 3.97. The van der Waals surface area contributed by atoms with Crippen molar-refractivity contribution >= 4 is 5.91 Å². The first-order chi connectivity index (χ1) is 12.7. The van der Waals surface area contributed by atoms with Crippen LogP contribution >= 0.6 is 0 Å². The smallest absolute Gasteiger partial charge is 0.224 e. The summed E-state index contributed by atoms with van der Waals surface area (Å²) in [7, 11) is 0. The summed E-state index contributed by atoms with van der Waals surface area (Å²) >= 11 is 0. The molecule has 0 radical (unpaired) electrons. The summed E-state index contributed by atoms with van der Waals surface area (Å²) in [5, 5.41) is 7.12. The minimum absolute atomic E-state index is 0.0207. The third kappa shape index (κ3) is 5.21. The van der Waals surface area contributed by atoms with Gasteiger partial charge in [-0.3, -0.25) is 4.79 Å². The van der Waals surface area contributed by atoms with Gasteiger partial charge in [-0.25, -0.2) is 4.68 Å². The maximum atomic E-state index is 12.0.